The van der Waals surface area contributed by atoms with Gasteiger partial charge in [0, 0.05) is 5.92 Å². The molecule has 0 aliphatic heterocycles. The van der Waals surface area contributed by atoms with Gasteiger partial charge in [0.15, 0.2) is 0 Å². The zero-order chi connectivity index (χ0) is 18.2. The number of hydrogen-bond donors (Lipinski definition) is 0. The molecule has 3 aliphatic carbocycles. The second-order valence-corrected chi connectivity index (χ2v) is 9.35. The molecule has 4 heteroatoms. The molecule has 0 radical (unpaired) electrons. The van der Waals surface area contributed by atoms with E-state index in [1.54, 1.807) is 0 Å². The molecule has 0 nitrogen and oxygen atoms in total. The highest BCUT2D eigenvalue weighted by Gasteiger charge is 2.44. The fourth-order valence-corrected chi connectivity index (χ4v) is 5.96. The maximum atomic E-state index is 14.4. The van der Waals surface area contributed by atoms with E-state index in [9.17, 15) is 17.6 Å². The molecule has 25 heavy (non-hydrogen) atoms. The Morgan fingerprint density at radius 2 is 1.12 bits per heavy atom. The second kappa shape index (κ2) is 7.76. The minimum Gasteiger partial charge on any atom is -0.244 e. The molecular formula is C21H34F4. The zero-order valence-corrected chi connectivity index (χ0v) is 15.7. The summed E-state index contributed by atoms with van der Waals surface area (Å²) in [5.74, 6) is -1.72. The Morgan fingerprint density at radius 3 is 1.64 bits per heavy atom. The third kappa shape index (κ3) is 4.35. The van der Waals surface area contributed by atoms with E-state index in [0.717, 1.165) is 58.3 Å². The summed E-state index contributed by atoms with van der Waals surface area (Å²) in [6.07, 6.45) is 6.35. The van der Waals surface area contributed by atoms with Crippen molar-refractivity contribution in [3.8, 4) is 0 Å². The fourth-order valence-electron chi connectivity index (χ4n) is 5.96. The minimum atomic E-state index is -2.54. The molecule has 0 saturated heterocycles. The van der Waals surface area contributed by atoms with E-state index in [-0.39, 0.29) is 11.8 Å². The van der Waals surface area contributed by atoms with Gasteiger partial charge in [0.1, 0.15) is 12.3 Å². The largest absolute Gasteiger partial charge is 0.248 e. The highest BCUT2D eigenvalue weighted by molar-refractivity contribution is 4.92. The Bertz CT molecular complexity index is 416. The molecule has 0 bridgehead atoms. The van der Waals surface area contributed by atoms with E-state index in [0.29, 0.717) is 30.6 Å². The lowest BCUT2D eigenvalue weighted by atomic mass is 9.64. The van der Waals surface area contributed by atoms with E-state index < -0.39 is 24.2 Å². The predicted molar refractivity (Wildman–Crippen MR) is 93.2 cm³/mol. The van der Waals surface area contributed by atoms with Gasteiger partial charge in [-0.05, 0) is 101 Å². The zero-order valence-electron chi connectivity index (χ0n) is 15.7. The monoisotopic (exact) mass is 362 g/mol. The maximum Gasteiger partial charge on any atom is 0.248 e. The first-order chi connectivity index (χ1) is 11.8. The van der Waals surface area contributed by atoms with Gasteiger partial charge in [0.25, 0.3) is 0 Å². The Kier molecular flexibility index (Phi) is 6.05. The number of hydrogen-bond acceptors (Lipinski definition) is 0. The number of alkyl halides is 4. The summed E-state index contributed by atoms with van der Waals surface area (Å²) < 4.78 is 55.4. The van der Waals surface area contributed by atoms with E-state index in [1.807, 2.05) is 6.92 Å². The van der Waals surface area contributed by atoms with Crippen LogP contribution >= 0.6 is 0 Å². The van der Waals surface area contributed by atoms with Crippen LogP contribution in [0.5, 0.6) is 0 Å². The van der Waals surface area contributed by atoms with Crippen LogP contribution in [0.25, 0.3) is 0 Å². The Morgan fingerprint density at radius 1 is 0.640 bits per heavy atom. The van der Waals surface area contributed by atoms with Crippen LogP contribution in [-0.4, -0.2) is 18.3 Å². The Hall–Kier alpha value is -0.280. The fraction of sp³-hybridized carbons (Fsp3) is 1.00. The van der Waals surface area contributed by atoms with Gasteiger partial charge in [0.05, 0.1) is 0 Å². The van der Waals surface area contributed by atoms with Crippen molar-refractivity contribution < 1.29 is 17.6 Å². The topological polar surface area (TPSA) is 0 Å². The lowest BCUT2D eigenvalue weighted by Gasteiger charge is -2.43. The van der Waals surface area contributed by atoms with E-state index >= 15 is 0 Å². The average Bonchev–Trinajstić information content (AvgIpc) is 2.59. The minimum absolute atomic E-state index is 0.0957. The summed E-state index contributed by atoms with van der Waals surface area (Å²) in [6, 6.07) is 0. The molecule has 0 aromatic heterocycles. The van der Waals surface area contributed by atoms with Crippen molar-refractivity contribution in [2.75, 3.05) is 0 Å². The van der Waals surface area contributed by atoms with E-state index in [1.165, 1.54) is 0 Å². The van der Waals surface area contributed by atoms with Crippen LogP contribution in [0.4, 0.5) is 17.6 Å². The summed E-state index contributed by atoms with van der Waals surface area (Å²) in [7, 11) is 0. The van der Waals surface area contributed by atoms with Crippen molar-refractivity contribution in [3.63, 3.8) is 0 Å². The summed E-state index contributed by atoms with van der Waals surface area (Å²) in [5.41, 5.74) is 0. The van der Waals surface area contributed by atoms with Crippen molar-refractivity contribution in [3.05, 3.63) is 0 Å². The first kappa shape index (κ1) is 19.5. The highest BCUT2D eigenvalue weighted by Crippen LogP contribution is 2.48. The van der Waals surface area contributed by atoms with Crippen LogP contribution < -0.4 is 0 Å². The molecule has 3 saturated carbocycles. The van der Waals surface area contributed by atoms with E-state index in [2.05, 4.69) is 0 Å². The molecule has 3 aliphatic rings. The lowest BCUT2D eigenvalue weighted by molar-refractivity contribution is -0.0629. The number of halogens is 4. The normalized spacial score (nSPS) is 46.8. The molecular weight excluding hydrogens is 328 g/mol. The van der Waals surface area contributed by atoms with Gasteiger partial charge >= 0.3 is 0 Å². The molecule has 0 aromatic rings. The van der Waals surface area contributed by atoms with Crippen LogP contribution in [0.1, 0.15) is 78.1 Å². The van der Waals surface area contributed by atoms with Crippen LogP contribution in [0.2, 0.25) is 0 Å². The van der Waals surface area contributed by atoms with E-state index in [4.69, 9.17) is 0 Å². The summed E-state index contributed by atoms with van der Waals surface area (Å²) in [4.78, 5) is 0. The van der Waals surface area contributed by atoms with Crippen molar-refractivity contribution in [2.45, 2.75) is 96.3 Å². The molecule has 0 heterocycles. The van der Waals surface area contributed by atoms with Gasteiger partial charge in [-0.1, -0.05) is 6.92 Å². The molecule has 3 fully saturated rings. The van der Waals surface area contributed by atoms with Crippen LogP contribution in [-0.2, 0) is 0 Å². The van der Waals surface area contributed by atoms with Crippen molar-refractivity contribution >= 4 is 0 Å². The van der Waals surface area contributed by atoms with Gasteiger partial charge in [-0.2, -0.15) is 0 Å². The van der Waals surface area contributed by atoms with Gasteiger partial charge in [-0.3, -0.25) is 0 Å². The standard InChI is InChI=1S/C21H34F4/c1-13-3-12-18(20(23)19(13)22)16-6-4-14(5-7-16)15-8-10-17(11-9-15)21(2,24)25/h13-20H,3-12H2,1-2H3. The Labute approximate surface area is 150 Å². The van der Waals surface area contributed by atoms with Gasteiger partial charge in [-0.15, -0.1) is 0 Å². The Balaban J connectivity index is 1.46. The van der Waals surface area contributed by atoms with Crippen LogP contribution in [0, 0.1) is 35.5 Å². The van der Waals surface area contributed by atoms with Crippen molar-refractivity contribution in [1.29, 1.82) is 0 Å². The summed E-state index contributed by atoms with van der Waals surface area (Å²) >= 11 is 0. The van der Waals surface area contributed by atoms with Gasteiger partial charge in [0.2, 0.25) is 5.92 Å². The molecule has 4 atom stereocenters. The molecule has 0 N–H and O–H groups in total. The molecule has 146 valence electrons. The summed E-state index contributed by atoms with van der Waals surface area (Å²) in [6.45, 7) is 2.88. The molecule has 3 rings (SSSR count). The van der Waals surface area contributed by atoms with Gasteiger partial charge in [-0.25, -0.2) is 17.6 Å². The summed E-state index contributed by atoms with van der Waals surface area (Å²) in [5, 5.41) is 0. The van der Waals surface area contributed by atoms with Crippen molar-refractivity contribution in [1.82, 2.24) is 0 Å². The second-order valence-electron chi connectivity index (χ2n) is 9.35. The molecule has 0 aromatic carbocycles. The molecule has 0 spiro atoms. The first-order valence-corrected chi connectivity index (χ1v) is 10.4. The quantitative estimate of drug-likeness (QED) is 0.475. The highest BCUT2D eigenvalue weighted by atomic mass is 19.3. The predicted octanol–water partition coefficient (Wildman–Crippen LogP) is 6.98. The van der Waals surface area contributed by atoms with Crippen molar-refractivity contribution in [2.24, 2.45) is 35.5 Å². The third-order valence-electron chi connectivity index (χ3n) is 7.79. The van der Waals surface area contributed by atoms with Gasteiger partial charge < -0.3 is 0 Å². The third-order valence-corrected chi connectivity index (χ3v) is 7.79. The molecule has 4 unspecified atom stereocenters. The van der Waals surface area contributed by atoms with Crippen LogP contribution in [0.3, 0.4) is 0 Å². The maximum absolute atomic E-state index is 14.4. The average molecular weight is 362 g/mol. The lowest BCUT2D eigenvalue weighted by Crippen LogP contribution is -2.41. The SMILES string of the molecule is CC1CCC(C2CCC(C3CCC(C(C)(F)F)CC3)CC2)C(F)C1F. The van der Waals surface area contributed by atoms with Crippen LogP contribution in [0.15, 0.2) is 0 Å². The first-order valence-electron chi connectivity index (χ1n) is 10.4. The molecule has 0 amide bonds. The smallest absolute Gasteiger partial charge is 0.244 e. The number of rotatable bonds is 3.